The summed E-state index contributed by atoms with van der Waals surface area (Å²) < 4.78 is 0. The largest absolute Gasteiger partial charge is 0.345 e. The van der Waals surface area contributed by atoms with E-state index in [1.165, 1.54) is 0 Å². The highest BCUT2D eigenvalue weighted by molar-refractivity contribution is 6.38. The van der Waals surface area contributed by atoms with E-state index in [-0.39, 0.29) is 5.78 Å². The van der Waals surface area contributed by atoms with Gasteiger partial charge in [0.05, 0.1) is 5.02 Å². The molecule has 25 heavy (non-hydrogen) atoms. The Morgan fingerprint density at radius 2 is 1.88 bits per heavy atom. The first-order chi connectivity index (χ1) is 12.1. The van der Waals surface area contributed by atoms with Crippen LogP contribution < -0.4 is 0 Å². The molecule has 0 aliphatic rings. The average Bonchev–Trinajstić information content (AvgIpc) is 3.05. The van der Waals surface area contributed by atoms with Gasteiger partial charge in [-0.05, 0) is 30.3 Å². The van der Waals surface area contributed by atoms with Crippen LogP contribution in [-0.4, -0.2) is 20.7 Å². The predicted octanol–water partition coefficient (Wildman–Crippen LogP) is 5.16. The maximum Gasteiger partial charge on any atom is 0.196 e. The third-order valence-electron chi connectivity index (χ3n) is 3.95. The second-order valence-electron chi connectivity index (χ2n) is 5.52. The van der Waals surface area contributed by atoms with Gasteiger partial charge < -0.3 is 4.98 Å². The minimum Gasteiger partial charge on any atom is -0.345 e. The molecule has 1 aromatic carbocycles. The highest BCUT2D eigenvalue weighted by Crippen LogP contribution is 2.28. The minimum atomic E-state index is -0.182. The fourth-order valence-electron chi connectivity index (χ4n) is 2.70. The molecule has 0 fully saturated rings. The molecule has 4 nitrogen and oxygen atoms in total. The summed E-state index contributed by atoms with van der Waals surface area (Å²) in [6, 6.07) is 10.6. The molecule has 0 saturated carbocycles. The van der Waals surface area contributed by atoms with Gasteiger partial charge in [0.1, 0.15) is 5.65 Å². The first-order valence-corrected chi connectivity index (χ1v) is 8.26. The maximum absolute atomic E-state index is 12.9. The van der Waals surface area contributed by atoms with Gasteiger partial charge in [-0.25, -0.2) is 4.98 Å². The number of aromatic amines is 1. The number of benzene rings is 1. The van der Waals surface area contributed by atoms with Crippen LogP contribution in [0.1, 0.15) is 15.9 Å². The van der Waals surface area contributed by atoms with Crippen LogP contribution in [0.15, 0.2) is 61.2 Å². The Morgan fingerprint density at radius 1 is 1.00 bits per heavy atom. The van der Waals surface area contributed by atoms with Gasteiger partial charge in [-0.15, -0.1) is 0 Å². The van der Waals surface area contributed by atoms with Gasteiger partial charge in [-0.3, -0.25) is 9.78 Å². The molecule has 0 atom stereocenters. The average molecular weight is 368 g/mol. The summed E-state index contributed by atoms with van der Waals surface area (Å²) in [5.74, 6) is -0.182. The van der Waals surface area contributed by atoms with Gasteiger partial charge in [0, 0.05) is 57.5 Å². The molecule has 4 aromatic rings. The van der Waals surface area contributed by atoms with Crippen molar-refractivity contribution in [2.75, 3.05) is 0 Å². The van der Waals surface area contributed by atoms with Crippen molar-refractivity contribution in [3.05, 3.63) is 82.4 Å². The van der Waals surface area contributed by atoms with Crippen LogP contribution in [-0.2, 0) is 0 Å². The molecular formula is C19H11Cl2N3O. The molecule has 6 heteroatoms. The number of rotatable bonds is 3. The Hall–Kier alpha value is -2.69. The van der Waals surface area contributed by atoms with E-state index in [0.717, 1.165) is 16.5 Å². The Balaban J connectivity index is 1.83. The Bertz CT molecular complexity index is 1090. The van der Waals surface area contributed by atoms with Crippen molar-refractivity contribution < 1.29 is 4.79 Å². The quantitative estimate of drug-likeness (QED) is 0.508. The van der Waals surface area contributed by atoms with Gasteiger partial charge in [-0.2, -0.15) is 0 Å². The Labute approximate surface area is 153 Å². The van der Waals surface area contributed by atoms with Gasteiger partial charge >= 0.3 is 0 Å². The number of hydrogen-bond donors (Lipinski definition) is 1. The van der Waals surface area contributed by atoms with Crippen molar-refractivity contribution in [2.24, 2.45) is 0 Å². The number of carbonyl (C=O) groups excluding carboxylic acids is 1. The van der Waals surface area contributed by atoms with Crippen LogP contribution in [0.2, 0.25) is 10.0 Å². The van der Waals surface area contributed by atoms with E-state index in [4.69, 9.17) is 23.2 Å². The highest BCUT2D eigenvalue weighted by atomic mass is 35.5. The molecule has 1 N–H and O–H groups in total. The van der Waals surface area contributed by atoms with Crippen LogP contribution in [0.3, 0.4) is 0 Å². The van der Waals surface area contributed by atoms with Crippen LogP contribution in [0.25, 0.3) is 22.2 Å². The molecule has 3 heterocycles. The number of nitrogens with one attached hydrogen (secondary N) is 1. The zero-order valence-electron chi connectivity index (χ0n) is 12.8. The highest BCUT2D eigenvalue weighted by Gasteiger charge is 2.18. The molecule has 0 amide bonds. The zero-order chi connectivity index (χ0) is 17.4. The summed E-state index contributed by atoms with van der Waals surface area (Å²) in [4.78, 5) is 24.5. The van der Waals surface area contributed by atoms with E-state index in [1.54, 1.807) is 43.0 Å². The zero-order valence-corrected chi connectivity index (χ0v) is 14.3. The summed E-state index contributed by atoms with van der Waals surface area (Å²) in [7, 11) is 0. The molecule has 0 bridgehead atoms. The second kappa shape index (κ2) is 6.31. The van der Waals surface area contributed by atoms with Gasteiger partial charge in [0.15, 0.2) is 5.78 Å². The SMILES string of the molecule is O=C(c1ccc(Cl)cc1Cl)c1c[nH]c2ncc(-c3cccnc3)cc12. The molecule has 0 spiro atoms. The van der Waals surface area contributed by atoms with E-state index >= 15 is 0 Å². The molecular weight excluding hydrogens is 357 g/mol. The number of nitrogens with zero attached hydrogens (tertiary/aromatic N) is 2. The lowest BCUT2D eigenvalue weighted by molar-refractivity contribution is 0.104. The second-order valence-corrected chi connectivity index (χ2v) is 6.36. The standard InChI is InChI=1S/C19H11Cl2N3O/c20-13-3-4-14(17(21)7-13)18(25)16-10-24-19-15(16)6-12(9-23-19)11-2-1-5-22-8-11/h1-10H,(H,23,24). The summed E-state index contributed by atoms with van der Waals surface area (Å²) in [5, 5.41) is 1.54. The summed E-state index contributed by atoms with van der Waals surface area (Å²) >= 11 is 12.1. The van der Waals surface area contributed by atoms with Crippen LogP contribution in [0, 0.1) is 0 Å². The van der Waals surface area contributed by atoms with Crippen LogP contribution in [0.4, 0.5) is 0 Å². The Kier molecular flexibility index (Phi) is 3.99. The number of ketones is 1. The topological polar surface area (TPSA) is 58.6 Å². The number of H-pyrrole nitrogens is 1. The van der Waals surface area contributed by atoms with Crippen molar-refractivity contribution in [2.45, 2.75) is 0 Å². The third kappa shape index (κ3) is 2.90. The van der Waals surface area contributed by atoms with E-state index in [0.29, 0.717) is 26.8 Å². The normalized spacial score (nSPS) is 11.0. The monoisotopic (exact) mass is 367 g/mol. The summed E-state index contributed by atoms with van der Waals surface area (Å²) in [6.07, 6.45) is 6.87. The van der Waals surface area contributed by atoms with Crippen molar-refractivity contribution in [3.8, 4) is 11.1 Å². The summed E-state index contributed by atoms with van der Waals surface area (Å²) in [6.45, 7) is 0. The molecule has 4 rings (SSSR count). The maximum atomic E-state index is 12.9. The van der Waals surface area contributed by atoms with E-state index in [2.05, 4.69) is 15.0 Å². The first-order valence-electron chi connectivity index (χ1n) is 7.51. The lowest BCUT2D eigenvalue weighted by Crippen LogP contribution is -2.01. The lowest BCUT2D eigenvalue weighted by atomic mass is 10.0. The number of aromatic nitrogens is 3. The fraction of sp³-hybridized carbons (Fsp3) is 0. The minimum absolute atomic E-state index is 0.182. The van der Waals surface area contributed by atoms with Crippen molar-refractivity contribution in [1.82, 2.24) is 15.0 Å². The molecule has 0 aliphatic heterocycles. The number of fused-ring (bicyclic) bond motifs is 1. The van der Waals surface area contributed by atoms with E-state index in [9.17, 15) is 4.79 Å². The van der Waals surface area contributed by atoms with Crippen molar-refractivity contribution in [3.63, 3.8) is 0 Å². The molecule has 0 saturated heterocycles. The molecule has 122 valence electrons. The predicted molar refractivity (Wildman–Crippen MR) is 99.2 cm³/mol. The molecule has 0 aliphatic carbocycles. The van der Waals surface area contributed by atoms with Crippen molar-refractivity contribution in [1.29, 1.82) is 0 Å². The van der Waals surface area contributed by atoms with Crippen LogP contribution >= 0.6 is 23.2 Å². The van der Waals surface area contributed by atoms with Gasteiger partial charge in [0.25, 0.3) is 0 Å². The lowest BCUT2D eigenvalue weighted by Gasteiger charge is -2.04. The number of carbonyl (C=O) groups is 1. The summed E-state index contributed by atoms with van der Waals surface area (Å²) in [5.41, 5.74) is 3.37. The van der Waals surface area contributed by atoms with Gasteiger partial charge in [0.2, 0.25) is 0 Å². The smallest absolute Gasteiger partial charge is 0.196 e. The van der Waals surface area contributed by atoms with E-state index < -0.39 is 0 Å². The third-order valence-corrected chi connectivity index (χ3v) is 4.49. The molecule has 3 aromatic heterocycles. The van der Waals surface area contributed by atoms with Gasteiger partial charge in [-0.1, -0.05) is 29.3 Å². The first kappa shape index (κ1) is 15.8. The number of pyridine rings is 2. The number of halogens is 2. The van der Waals surface area contributed by atoms with Crippen molar-refractivity contribution >= 4 is 40.0 Å². The van der Waals surface area contributed by atoms with E-state index in [1.807, 2.05) is 18.2 Å². The Morgan fingerprint density at radius 3 is 2.64 bits per heavy atom. The molecule has 0 unspecified atom stereocenters. The number of hydrogen-bond acceptors (Lipinski definition) is 3. The van der Waals surface area contributed by atoms with Crippen LogP contribution in [0.5, 0.6) is 0 Å². The molecule has 0 radical (unpaired) electrons. The fourth-order valence-corrected chi connectivity index (χ4v) is 3.20.